The molecular formula is C18H34O5. The molecule has 0 aromatic heterocycles. The molecule has 0 radical (unpaired) electrons. The van der Waals surface area contributed by atoms with Crippen molar-refractivity contribution in [1.82, 2.24) is 0 Å². The zero-order valence-electron chi connectivity index (χ0n) is 16.0. The van der Waals surface area contributed by atoms with Crippen molar-refractivity contribution in [3.05, 3.63) is 0 Å². The summed E-state index contributed by atoms with van der Waals surface area (Å²) in [5.41, 5.74) is -1.05. The van der Waals surface area contributed by atoms with Crippen molar-refractivity contribution in [3.8, 4) is 0 Å². The van der Waals surface area contributed by atoms with Crippen molar-refractivity contribution in [1.29, 1.82) is 0 Å². The molecule has 0 spiro atoms. The van der Waals surface area contributed by atoms with E-state index in [0.717, 1.165) is 12.8 Å². The van der Waals surface area contributed by atoms with Gasteiger partial charge < -0.3 is 0 Å². The van der Waals surface area contributed by atoms with Crippen molar-refractivity contribution >= 4 is 5.78 Å². The Hall–Kier alpha value is -0.490. The molecule has 0 aliphatic heterocycles. The van der Waals surface area contributed by atoms with Crippen LogP contribution >= 0.6 is 0 Å². The minimum atomic E-state index is -1.46. The Balaban J connectivity index is 2.85. The van der Waals surface area contributed by atoms with Gasteiger partial charge in [-0.1, -0.05) is 27.7 Å². The summed E-state index contributed by atoms with van der Waals surface area (Å²) < 4.78 is 0. The van der Waals surface area contributed by atoms with Gasteiger partial charge in [0.25, 0.3) is 5.79 Å². The smallest absolute Gasteiger partial charge is 0.291 e. The highest BCUT2D eigenvalue weighted by Gasteiger charge is 2.48. The Kier molecular flexibility index (Phi) is 6.79. The van der Waals surface area contributed by atoms with Crippen LogP contribution in [0.5, 0.6) is 0 Å². The second kappa shape index (κ2) is 7.60. The molecule has 136 valence electrons. The van der Waals surface area contributed by atoms with Crippen LogP contribution in [0.25, 0.3) is 0 Å². The first-order valence-electron chi connectivity index (χ1n) is 8.70. The Morgan fingerprint density at radius 1 is 0.870 bits per heavy atom. The SMILES string of the molecule is CC(C)C(C)(C)OOC1(OOC(C)(C)C(C)C)CCCCC1=O. The molecule has 0 bridgehead atoms. The number of carbonyl (C=O) groups excluding carboxylic acids is 1. The lowest BCUT2D eigenvalue weighted by Crippen LogP contribution is -2.50. The van der Waals surface area contributed by atoms with Crippen LogP contribution in [0.15, 0.2) is 0 Å². The van der Waals surface area contributed by atoms with Crippen LogP contribution in [0.1, 0.15) is 81.1 Å². The Bertz CT molecular complexity index is 374. The van der Waals surface area contributed by atoms with Crippen molar-refractivity contribution in [2.24, 2.45) is 11.8 Å². The largest absolute Gasteiger partial charge is 0.293 e. The highest BCUT2D eigenvalue weighted by atomic mass is 17.3. The van der Waals surface area contributed by atoms with Crippen LogP contribution in [0.3, 0.4) is 0 Å². The van der Waals surface area contributed by atoms with Crippen LogP contribution < -0.4 is 0 Å². The maximum Gasteiger partial charge on any atom is 0.291 e. The molecule has 1 aliphatic rings. The van der Waals surface area contributed by atoms with Crippen molar-refractivity contribution in [2.75, 3.05) is 0 Å². The van der Waals surface area contributed by atoms with Crippen LogP contribution in [-0.4, -0.2) is 22.8 Å². The first kappa shape index (κ1) is 20.6. The van der Waals surface area contributed by atoms with E-state index in [-0.39, 0.29) is 17.6 Å². The molecule has 0 aromatic carbocycles. The quantitative estimate of drug-likeness (QED) is 0.370. The Morgan fingerprint density at radius 2 is 1.30 bits per heavy atom. The molecule has 0 N–H and O–H groups in total. The summed E-state index contributed by atoms with van der Waals surface area (Å²) in [6.45, 7) is 15.9. The summed E-state index contributed by atoms with van der Waals surface area (Å²) >= 11 is 0. The average molecular weight is 330 g/mol. The van der Waals surface area contributed by atoms with Gasteiger partial charge in [0.2, 0.25) is 0 Å². The second-order valence-electron chi connectivity index (χ2n) is 8.23. The highest BCUT2D eigenvalue weighted by Crippen LogP contribution is 2.35. The van der Waals surface area contributed by atoms with Gasteiger partial charge in [0.05, 0.1) is 0 Å². The van der Waals surface area contributed by atoms with Crippen LogP contribution in [0, 0.1) is 11.8 Å². The fourth-order valence-corrected chi connectivity index (χ4v) is 1.71. The summed E-state index contributed by atoms with van der Waals surface area (Å²) in [7, 11) is 0. The molecule has 0 amide bonds. The van der Waals surface area contributed by atoms with Crippen molar-refractivity contribution in [2.45, 2.75) is 98.1 Å². The van der Waals surface area contributed by atoms with E-state index in [2.05, 4.69) is 0 Å². The third-order valence-electron chi connectivity index (χ3n) is 5.15. The monoisotopic (exact) mass is 330 g/mol. The van der Waals surface area contributed by atoms with Gasteiger partial charge in [-0.25, -0.2) is 9.78 Å². The summed E-state index contributed by atoms with van der Waals surface area (Å²) in [5, 5.41) is 0. The average Bonchev–Trinajstić information content (AvgIpc) is 2.45. The van der Waals surface area contributed by atoms with E-state index in [9.17, 15) is 4.79 Å². The van der Waals surface area contributed by atoms with E-state index < -0.39 is 17.0 Å². The highest BCUT2D eigenvalue weighted by molar-refractivity contribution is 5.86. The van der Waals surface area contributed by atoms with E-state index in [0.29, 0.717) is 12.8 Å². The standard InChI is InChI=1S/C18H34O5/c1-13(2)16(5,6)20-22-18(12-10-9-11-15(18)19)23-21-17(7,8)14(3)4/h13-14H,9-12H2,1-8H3. The van der Waals surface area contributed by atoms with Gasteiger partial charge in [0.15, 0.2) is 5.78 Å². The van der Waals surface area contributed by atoms with Gasteiger partial charge in [0.1, 0.15) is 11.2 Å². The molecule has 5 nitrogen and oxygen atoms in total. The van der Waals surface area contributed by atoms with Gasteiger partial charge in [-0.3, -0.25) is 4.79 Å². The number of hydrogen-bond donors (Lipinski definition) is 0. The lowest BCUT2D eigenvalue weighted by molar-refractivity contribution is -0.533. The zero-order chi connectivity index (χ0) is 17.9. The van der Waals surface area contributed by atoms with Crippen molar-refractivity contribution < 1.29 is 24.3 Å². The predicted octanol–water partition coefficient (Wildman–Crippen LogP) is 4.59. The topological polar surface area (TPSA) is 54.0 Å². The lowest BCUT2D eigenvalue weighted by Gasteiger charge is -2.39. The molecule has 0 heterocycles. The van der Waals surface area contributed by atoms with Crippen LogP contribution in [0.4, 0.5) is 0 Å². The molecule has 0 unspecified atom stereocenters. The molecule has 1 aliphatic carbocycles. The molecule has 5 heteroatoms. The maximum atomic E-state index is 12.5. The number of Topliss-reactive ketones (excluding diaryl/α,β-unsaturated/α-hetero) is 1. The number of hydrogen-bond acceptors (Lipinski definition) is 5. The molecule has 1 rings (SSSR count). The van der Waals surface area contributed by atoms with Gasteiger partial charge in [-0.2, -0.15) is 9.78 Å². The summed E-state index contributed by atoms with van der Waals surface area (Å²) in [5.74, 6) is -1.13. The van der Waals surface area contributed by atoms with E-state index in [1.165, 1.54) is 0 Å². The molecule has 1 saturated carbocycles. The first-order chi connectivity index (χ1) is 10.4. The van der Waals surface area contributed by atoms with Crippen LogP contribution in [-0.2, 0) is 24.3 Å². The van der Waals surface area contributed by atoms with Gasteiger partial charge in [0, 0.05) is 12.8 Å². The molecule has 0 saturated heterocycles. The molecular weight excluding hydrogens is 296 g/mol. The van der Waals surface area contributed by atoms with E-state index in [4.69, 9.17) is 19.6 Å². The molecule has 0 aromatic rings. The summed E-state index contributed by atoms with van der Waals surface area (Å²) in [6.07, 6.45) is 2.53. The normalized spacial score (nSPS) is 19.7. The maximum absolute atomic E-state index is 12.5. The number of carbonyl (C=O) groups is 1. The Morgan fingerprint density at radius 3 is 1.65 bits per heavy atom. The number of rotatable bonds is 8. The van der Waals surface area contributed by atoms with Crippen molar-refractivity contribution in [3.63, 3.8) is 0 Å². The first-order valence-corrected chi connectivity index (χ1v) is 8.70. The van der Waals surface area contributed by atoms with E-state index in [1.807, 2.05) is 55.4 Å². The van der Waals surface area contributed by atoms with Crippen LogP contribution in [0.2, 0.25) is 0 Å². The molecule has 0 atom stereocenters. The Labute approximate surface area is 140 Å². The zero-order valence-corrected chi connectivity index (χ0v) is 16.0. The minimum absolute atomic E-state index is 0.122. The van der Waals surface area contributed by atoms with E-state index in [1.54, 1.807) is 0 Å². The number of ketones is 1. The van der Waals surface area contributed by atoms with Gasteiger partial charge >= 0.3 is 0 Å². The predicted molar refractivity (Wildman–Crippen MR) is 88.4 cm³/mol. The minimum Gasteiger partial charge on any atom is -0.293 e. The van der Waals surface area contributed by atoms with Gasteiger partial charge in [-0.05, 0) is 52.4 Å². The third-order valence-corrected chi connectivity index (χ3v) is 5.15. The fourth-order valence-electron chi connectivity index (χ4n) is 1.71. The lowest BCUT2D eigenvalue weighted by atomic mass is 9.93. The second-order valence-corrected chi connectivity index (χ2v) is 8.23. The molecule has 1 fully saturated rings. The summed E-state index contributed by atoms with van der Waals surface area (Å²) in [4.78, 5) is 34.9. The fraction of sp³-hybridized carbons (Fsp3) is 0.944. The molecule has 23 heavy (non-hydrogen) atoms. The van der Waals surface area contributed by atoms with Gasteiger partial charge in [-0.15, -0.1) is 0 Å². The third kappa shape index (κ3) is 5.24. The van der Waals surface area contributed by atoms with E-state index >= 15 is 0 Å². The summed E-state index contributed by atoms with van der Waals surface area (Å²) in [6, 6.07) is 0.